The number of hydrogen-bond acceptors (Lipinski definition) is 5. The van der Waals surface area contributed by atoms with E-state index in [4.69, 9.17) is 0 Å². The van der Waals surface area contributed by atoms with Crippen LogP contribution in [-0.4, -0.2) is 27.2 Å². The quantitative estimate of drug-likeness (QED) is 0.600. The van der Waals surface area contributed by atoms with Crippen molar-refractivity contribution in [3.05, 3.63) is 64.7 Å². The molecule has 1 aromatic heterocycles. The van der Waals surface area contributed by atoms with E-state index in [0.29, 0.717) is 5.52 Å². The standard InChI is InChI=1S/C19H17F3N2O3S/c1-10(11-5-4-6-12(9-11)19(20,21)22)23-17(27)15(25)16(26)18-24-13-7-2-3-8-14(13)28-18/h2-10,15-16,25-26H,1H3,(H,23,27)/t10-,15-,16+/m0/s1. The van der Waals surface area contributed by atoms with Crippen molar-refractivity contribution in [1.29, 1.82) is 0 Å². The molecule has 0 unspecified atom stereocenters. The van der Waals surface area contributed by atoms with Gasteiger partial charge in [-0.1, -0.05) is 24.3 Å². The number of rotatable bonds is 5. The van der Waals surface area contributed by atoms with Crippen LogP contribution in [0.5, 0.6) is 0 Å². The van der Waals surface area contributed by atoms with E-state index in [1.54, 1.807) is 24.3 Å². The first-order valence-electron chi connectivity index (χ1n) is 8.36. The fraction of sp³-hybridized carbons (Fsp3) is 0.263. The van der Waals surface area contributed by atoms with E-state index in [2.05, 4.69) is 10.3 Å². The summed E-state index contributed by atoms with van der Waals surface area (Å²) in [6.45, 7) is 1.49. The summed E-state index contributed by atoms with van der Waals surface area (Å²) in [6.07, 6.45) is -7.86. The number of aliphatic hydroxyl groups is 2. The highest BCUT2D eigenvalue weighted by Gasteiger charge is 2.32. The van der Waals surface area contributed by atoms with Gasteiger partial charge < -0.3 is 15.5 Å². The van der Waals surface area contributed by atoms with E-state index >= 15 is 0 Å². The van der Waals surface area contributed by atoms with Crippen molar-refractivity contribution in [3.8, 4) is 0 Å². The number of hydrogen-bond donors (Lipinski definition) is 3. The fourth-order valence-electron chi connectivity index (χ4n) is 2.66. The molecule has 0 aliphatic heterocycles. The summed E-state index contributed by atoms with van der Waals surface area (Å²) in [5, 5.41) is 23.0. The number of amides is 1. The predicted octanol–water partition coefficient (Wildman–Crippen LogP) is 3.59. The maximum absolute atomic E-state index is 12.8. The summed E-state index contributed by atoms with van der Waals surface area (Å²) in [7, 11) is 0. The number of aromatic nitrogens is 1. The molecule has 0 spiro atoms. The summed E-state index contributed by atoms with van der Waals surface area (Å²) in [5.41, 5.74) is 0.0255. The second-order valence-electron chi connectivity index (χ2n) is 6.26. The van der Waals surface area contributed by atoms with Crippen molar-refractivity contribution in [2.45, 2.75) is 31.3 Å². The molecule has 3 N–H and O–H groups in total. The number of carbonyl (C=O) groups excluding carboxylic acids is 1. The molecule has 5 nitrogen and oxygen atoms in total. The summed E-state index contributed by atoms with van der Waals surface area (Å²) >= 11 is 1.14. The largest absolute Gasteiger partial charge is 0.416 e. The van der Waals surface area contributed by atoms with E-state index in [-0.39, 0.29) is 10.6 Å². The Labute approximate surface area is 162 Å². The maximum atomic E-state index is 12.8. The Morgan fingerprint density at radius 3 is 2.54 bits per heavy atom. The average Bonchev–Trinajstić information content (AvgIpc) is 3.10. The summed E-state index contributed by atoms with van der Waals surface area (Å²) in [4.78, 5) is 16.5. The fourth-order valence-corrected chi connectivity index (χ4v) is 3.65. The molecule has 0 saturated heterocycles. The van der Waals surface area contributed by atoms with Gasteiger partial charge in [-0.3, -0.25) is 4.79 Å². The molecule has 3 rings (SSSR count). The highest BCUT2D eigenvalue weighted by Crippen LogP contribution is 2.31. The molecule has 1 heterocycles. The smallest absolute Gasteiger partial charge is 0.383 e. The number of aliphatic hydroxyl groups excluding tert-OH is 2. The number of thiazole rings is 1. The van der Waals surface area contributed by atoms with Crippen molar-refractivity contribution < 1.29 is 28.2 Å². The van der Waals surface area contributed by atoms with Gasteiger partial charge in [-0.05, 0) is 36.8 Å². The van der Waals surface area contributed by atoms with Crippen LogP contribution in [-0.2, 0) is 11.0 Å². The van der Waals surface area contributed by atoms with Crippen LogP contribution in [0.4, 0.5) is 13.2 Å². The van der Waals surface area contributed by atoms with E-state index in [9.17, 15) is 28.2 Å². The van der Waals surface area contributed by atoms with E-state index in [0.717, 1.165) is 28.2 Å². The van der Waals surface area contributed by atoms with Crippen molar-refractivity contribution in [2.24, 2.45) is 0 Å². The van der Waals surface area contributed by atoms with Gasteiger partial charge in [0.05, 0.1) is 21.8 Å². The number of alkyl halides is 3. The molecule has 0 aliphatic carbocycles. The Kier molecular flexibility index (Phi) is 5.69. The molecule has 148 valence electrons. The van der Waals surface area contributed by atoms with E-state index in [1.165, 1.54) is 19.1 Å². The monoisotopic (exact) mass is 410 g/mol. The Morgan fingerprint density at radius 1 is 1.14 bits per heavy atom. The van der Waals surface area contributed by atoms with Gasteiger partial charge >= 0.3 is 6.18 Å². The molecule has 9 heteroatoms. The summed E-state index contributed by atoms with van der Waals surface area (Å²) < 4.78 is 39.3. The van der Waals surface area contributed by atoms with E-state index < -0.39 is 35.9 Å². The van der Waals surface area contributed by atoms with Gasteiger partial charge in [0.2, 0.25) is 0 Å². The van der Waals surface area contributed by atoms with Gasteiger partial charge in [0.15, 0.2) is 6.10 Å². The van der Waals surface area contributed by atoms with Gasteiger partial charge in [-0.2, -0.15) is 13.2 Å². The first-order valence-corrected chi connectivity index (χ1v) is 9.17. The number of nitrogens with zero attached hydrogens (tertiary/aromatic N) is 1. The normalized spacial score (nSPS) is 15.2. The molecule has 0 radical (unpaired) electrons. The van der Waals surface area contributed by atoms with Crippen LogP contribution < -0.4 is 5.32 Å². The lowest BCUT2D eigenvalue weighted by atomic mass is 10.0. The lowest BCUT2D eigenvalue weighted by molar-refractivity contribution is -0.137. The highest BCUT2D eigenvalue weighted by atomic mass is 32.1. The minimum Gasteiger partial charge on any atom is -0.383 e. The van der Waals surface area contributed by atoms with Crippen molar-refractivity contribution in [3.63, 3.8) is 0 Å². The van der Waals surface area contributed by atoms with Crippen LogP contribution in [0.25, 0.3) is 10.2 Å². The Hall–Kier alpha value is -2.49. The van der Waals surface area contributed by atoms with Crippen molar-refractivity contribution in [1.82, 2.24) is 10.3 Å². The molecule has 0 bridgehead atoms. The summed E-state index contributed by atoms with van der Waals surface area (Å²) in [5.74, 6) is -0.906. The molecular formula is C19H17F3N2O3S. The van der Waals surface area contributed by atoms with Gasteiger partial charge in [0.25, 0.3) is 5.91 Å². The lowest BCUT2D eigenvalue weighted by Gasteiger charge is -2.20. The Balaban J connectivity index is 1.71. The number of benzene rings is 2. The second kappa shape index (κ2) is 7.86. The van der Waals surface area contributed by atoms with Crippen LogP contribution in [0, 0.1) is 0 Å². The molecule has 0 aliphatic rings. The first kappa shape index (κ1) is 20.2. The molecule has 0 saturated carbocycles. The molecule has 3 atom stereocenters. The van der Waals surface area contributed by atoms with Crippen LogP contribution >= 0.6 is 11.3 Å². The Bertz CT molecular complexity index is 957. The molecular weight excluding hydrogens is 393 g/mol. The topological polar surface area (TPSA) is 82.5 Å². The minimum absolute atomic E-state index is 0.176. The Morgan fingerprint density at radius 2 is 1.86 bits per heavy atom. The third kappa shape index (κ3) is 4.32. The average molecular weight is 410 g/mol. The third-order valence-corrected chi connectivity index (χ3v) is 5.31. The third-order valence-electron chi connectivity index (χ3n) is 4.20. The number of halogens is 3. The number of carbonyl (C=O) groups is 1. The predicted molar refractivity (Wildman–Crippen MR) is 98.6 cm³/mol. The zero-order chi connectivity index (χ0) is 20.5. The number of para-hydroxylation sites is 1. The SMILES string of the molecule is C[C@H](NC(=O)[C@@H](O)[C@@H](O)c1nc2ccccc2s1)c1cccc(C(F)(F)F)c1. The first-order chi connectivity index (χ1) is 13.2. The highest BCUT2D eigenvalue weighted by molar-refractivity contribution is 7.18. The lowest BCUT2D eigenvalue weighted by Crippen LogP contribution is -2.39. The van der Waals surface area contributed by atoms with Gasteiger partial charge in [0.1, 0.15) is 11.1 Å². The van der Waals surface area contributed by atoms with Crippen molar-refractivity contribution >= 4 is 27.5 Å². The van der Waals surface area contributed by atoms with Crippen LogP contribution in [0.15, 0.2) is 48.5 Å². The minimum atomic E-state index is -4.50. The zero-order valence-electron chi connectivity index (χ0n) is 14.6. The van der Waals surface area contributed by atoms with Crippen molar-refractivity contribution in [2.75, 3.05) is 0 Å². The van der Waals surface area contributed by atoms with Gasteiger partial charge in [0, 0.05) is 0 Å². The van der Waals surface area contributed by atoms with Gasteiger partial charge in [-0.25, -0.2) is 4.98 Å². The van der Waals surface area contributed by atoms with E-state index in [1.807, 2.05) is 0 Å². The molecule has 3 aromatic rings. The molecule has 28 heavy (non-hydrogen) atoms. The second-order valence-corrected chi connectivity index (χ2v) is 7.33. The number of fused-ring (bicyclic) bond motifs is 1. The van der Waals surface area contributed by atoms with Crippen LogP contribution in [0.1, 0.15) is 35.2 Å². The molecule has 1 amide bonds. The van der Waals surface area contributed by atoms with Gasteiger partial charge in [-0.15, -0.1) is 11.3 Å². The van der Waals surface area contributed by atoms with Crippen LogP contribution in [0.2, 0.25) is 0 Å². The molecule has 2 aromatic carbocycles. The zero-order valence-corrected chi connectivity index (χ0v) is 15.5. The molecule has 0 fully saturated rings. The number of nitrogens with one attached hydrogen (secondary N) is 1. The maximum Gasteiger partial charge on any atom is 0.416 e. The van der Waals surface area contributed by atoms with Crippen LogP contribution in [0.3, 0.4) is 0 Å². The summed E-state index contributed by atoms with van der Waals surface area (Å²) in [6, 6.07) is 10.9.